The Morgan fingerprint density at radius 3 is 2.78 bits per heavy atom. The Labute approximate surface area is 214 Å². The van der Waals surface area contributed by atoms with Gasteiger partial charge in [-0.25, -0.2) is 14.6 Å². The van der Waals surface area contributed by atoms with Gasteiger partial charge in [-0.15, -0.1) is 0 Å². The van der Waals surface area contributed by atoms with Crippen molar-refractivity contribution in [3.8, 4) is 29.1 Å². The van der Waals surface area contributed by atoms with Gasteiger partial charge in [-0.05, 0) is 49.1 Å². The van der Waals surface area contributed by atoms with Crippen molar-refractivity contribution < 1.29 is 14.3 Å². The van der Waals surface area contributed by atoms with Gasteiger partial charge in [0, 0.05) is 19.2 Å². The number of para-hydroxylation sites is 1. The molecule has 0 bridgehead atoms. The minimum atomic E-state index is -0.0919. The van der Waals surface area contributed by atoms with E-state index in [1.165, 1.54) is 12.4 Å². The maximum atomic E-state index is 12.2. The van der Waals surface area contributed by atoms with E-state index in [0.717, 1.165) is 18.6 Å². The average molecular weight is 495 g/mol. The number of ether oxygens (including phenoxy) is 2. The fourth-order valence-electron chi connectivity index (χ4n) is 4.31. The summed E-state index contributed by atoms with van der Waals surface area (Å²) in [6.45, 7) is 4.95. The number of carbonyl (C=O) groups is 1. The van der Waals surface area contributed by atoms with Crippen LogP contribution in [0, 0.1) is 11.8 Å². The van der Waals surface area contributed by atoms with Crippen LogP contribution in [-0.4, -0.2) is 50.3 Å². The lowest BCUT2D eigenvalue weighted by molar-refractivity contribution is -0.127. The first kappa shape index (κ1) is 23.9. The summed E-state index contributed by atoms with van der Waals surface area (Å²) >= 11 is 0. The van der Waals surface area contributed by atoms with Crippen molar-refractivity contribution in [3.63, 3.8) is 0 Å². The molecule has 1 aliphatic rings. The van der Waals surface area contributed by atoms with Gasteiger partial charge in [0.05, 0.1) is 11.4 Å². The van der Waals surface area contributed by atoms with Crippen molar-refractivity contribution in [2.24, 2.45) is 0 Å². The van der Waals surface area contributed by atoms with E-state index in [1.54, 1.807) is 4.90 Å². The number of amides is 1. The molecule has 9 nitrogen and oxygen atoms in total. The Morgan fingerprint density at radius 2 is 1.95 bits per heavy atom. The van der Waals surface area contributed by atoms with Crippen LogP contribution in [0.1, 0.15) is 24.6 Å². The molecular formula is C28H26N6O3. The van der Waals surface area contributed by atoms with Crippen LogP contribution in [0.3, 0.4) is 0 Å². The molecule has 1 amide bonds. The van der Waals surface area contributed by atoms with Gasteiger partial charge in [-0.1, -0.05) is 36.8 Å². The summed E-state index contributed by atoms with van der Waals surface area (Å²) in [6, 6.07) is 16.9. The molecule has 1 atom stereocenters. The number of nitrogen functional groups attached to an aromatic ring is 1. The van der Waals surface area contributed by atoms with Crippen molar-refractivity contribution in [3.05, 3.63) is 79.3 Å². The van der Waals surface area contributed by atoms with Crippen molar-refractivity contribution in [1.29, 1.82) is 0 Å². The van der Waals surface area contributed by atoms with Crippen LogP contribution in [-0.2, 0) is 4.79 Å². The SMILES string of the molecule is C=CC(=O)N1CCCC(n2nc(C#CCOc3cccc(Oc4ccccc4)c3)c3c(N)ncnc32)C1. The summed E-state index contributed by atoms with van der Waals surface area (Å²) in [4.78, 5) is 22.5. The molecule has 1 aliphatic heterocycles. The number of carbonyl (C=O) groups excluding carboxylic acids is 1. The van der Waals surface area contributed by atoms with Gasteiger partial charge >= 0.3 is 0 Å². The van der Waals surface area contributed by atoms with Crippen LogP contribution >= 0.6 is 0 Å². The van der Waals surface area contributed by atoms with Crippen molar-refractivity contribution >= 4 is 22.8 Å². The zero-order valence-corrected chi connectivity index (χ0v) is 20.2. The summed E-state index contributed by atoms with van der Waals surface area (Å²) in [5, 5.41) is 5.32. The molecule has 1 fully saturated rings. The zero-order valence-electron chi connectivity index (χ0n) is 20.2. The van der Waals surface area contributed by atoms with E-state index in [0.29, 0.717) is 47.1 Å². The molecule has 0 saturated carbocycles. The van der Waals surface area contributed by atoms with E-state index in [-0.39, 0.29) is 18.6 Å². The highest BCUT2D eigenvalue weighted by atomic mass is 16.5. The minimum Gasteiger partial charge on any atom is -0.481 e. The number of likely N-dealkylation sites (tertiary alicyclic amines) is 1. The fraction of sp³-hybridized carbons (Fsp3) is 0.214. The van der Waals surface area contributed by atoms with Crippen LogP contribution in [0.15, 0.2) is 73.6 Å². The highest BCUT2D eigenvalue weighted by Crippen LogP contribution is 2.28. The van der Waals surface area contributed by atoms with Crippen molar-refractivity contribution in [2.75, 3.05) is 25.4 Å². The van der Waals surface area contributed by atoms with Gasteiger partial charge in [0.25, 0.3) is 0 Å². The molecule has 186 valence electrons. The molecule has 4 aromatic rings. The summed E-state index contributed by atoms with van der Waals surface area (Å²) in [5.41, 5.74) is 7.25. The average Bonchev–Trinajstić information content (AvgIpc) is 3.31. The number of anilines is 1. The molecule has 2 aromatic carbocycles. The third-order valence-corrected chi connectivity index (χ3v) is 6.05. The summed E-state index contributed by atoms with van der Waals surface area (Å²) in [6.07, 6.45) is 4.47. The first-order valence-electron chi connectivity index (χ1n) is 12.0. The van der Waals surface area contributed by atoms with Crippen molar-refractivity contribution in [2.45, 2.75) is 18.9 Å². The largest absolute Gasteiger partial charge is 0.481 e. The predicted octanol–water partition coefficient (Wildman–Crippen LogP) is 3.98. The van der Waals surface area contributed by atoms with Crippen LogP contribution in [0.5, 0.6) is 17.2 Å². The number of rotatable bonds is 6. The maximum absolute atomic E-state index is 12.2. The Hall–Kier alpha value is -4.84. The molecule has 5 rings (SSSR count). The molecule has 0 radical (unpaired) electrons. The predicted molar refractivity (Wildman–Crippen MR) is 140 cm³/mol. The van der Waals surface area contributed by atoms with Crippen LogP contribution < -0.4 is 15.2 Å². The van der Waals surface area contributed by atoms with Crippen LogP contribution in [0.25, 0.3) is 11.0 Å². The number of nitrogens with zero attached hydrogens (tertiary/aromatic N) is 5. The Kier molecular flexibility index (Phi) is 6.99. The first-order chi connectivity index (χ1) is 18.1. The highest BCUT2D eigenvalue weighted by Gasteiger charge is 2.27. The van der Waals surface area contributed by atoms with E-state index in [2.05, 4.69) is 28.4 Å². The summed E-state index contributed by atoms with van der Waals surface area (Å²) < 4.78 is 13.5. The number of piperidine rings is 1. The standard InChI is InChI=1S/C28H26N6O3/c1-2-25(35)33-15-7-9-20(18-33)34-28-26(27(29)30-19-31-28)24(32-34)14-8-16-36-22-12-6-13-23(17-22)37-21-10-4-3-5-11-21/h2-6,10-13,17,19-20H,1,7,9,15-16,18H2,(H2,29,30,31). The summed E-state index contributed by atoms with van der Waals surface area (Å²) in [5.74, 6) is 8.34. The third-order valence-electron chi connectivity index (χ3n) is 6.05. The number of aromatic nitrogens is 4. The topological polar surface area (TPSA) is 108 Å². The minimum absolute atomic E-state index is 0.0476. The third kappa shape index (κ3) is 5.38. The Bertz CT molecular complexity index is 1490. The molecule has 3 heterocycles. The van der Waals surface area contributed by atoms with Gasteiger partial charge in [-0.3, -0.25) is 4.79 Å². The van der Waals surface area contributed by atoms with Gasteiger partial charge < -0.3 is 20.1 Å². The Morgan fingerprint density at radius 1 is 1.14 bits per heavy atom. The number of fused-ring (bicyclic) bond motifs is 1. The molecule has 2 N–H and O–H groups in total. The van der Waals surface area contributed by atoms with Crippen LogP contribution in [0.2, 0.25) is 0 Å². The number of hydrogen-bond donors (Lipinski definition) is 1. The quantitative estimate of drug-likeness (QED) is 0.319. The Balaban J connectivity index is 1.32. The lowest BCUT2D eigenvalue weighted by Crippen LogP contribution is -2.40. The maximum Gasteiger partial charge on any atom is 0.246 e. The molecule has 0 aliphatic carbocycles. The molecule has 0 spiro atoms. The van der Waals surface area contributed by atoms with E-state index in [1.807, 2.05) is 59.3 Å². The van der Waals surface area contributed by atoms with E-state index in [4.69, 9.17) is 20.3 Å². The normalized spacial score (nSPS) is 15.0. The monoisotopic (exact) mass is 494 g/mol. The first-order valence-corrected chi connectivity index (χ1v) is 12.0. The molecule has 1 saturated heterocycles. The van der Waals surface area contributed by atoms with Gasteiger partial charge in [0.15, 0.2) is 5.65 Å². The lowest BCUT2D eigenvalue weighted by Gasteiger charge is -2.32. The fourth-order valence-corrected chi connectivity index (χ4v) is 4.31. The van der Waals surface area contributed by atoms with E-state index in [9.17, 15) is 4.79 Å². The number of nitrogens with two attached hydrogens (primary N) is 1. The molecular weight excluding hydrogens is 468 g/mol. The lowest BCUT2D eigenvalue weighted by atomic mass is 10.1. The summed E-state index contributed by atoms with van der Waals surface area (Å²) in [7, 11) is 0. The van der Waals surface area contributed by atoms with Gasteiger partial charge in [0.1, 0.15) is 41.7 Å². The molecule has 37 heavy (non-hydrogen) atoms. The van der Waals surface area contributed by atoms with Gasteiger partial charge in [-0.2, -0.15) is 5.10 Å². The van der Waals surface area contributed by atoms with Gasteiger partial charge in [0.2, 0.25) is 5.91 Å². The molecule has 2 aromatic heterocycles. The van der Waals surface area contributed by atoms with E-state index < -0.39 is 0 Å². The molecule has 9 heteroatoms. The second-order valence-corrected chi connectivity index (χ2v) is 8.52. The number of benzene rings is 2. The highest BCUT2D eigenvalue weighted by molar-refractivity contribution is 5.90. The molecule has 1 unspecified atom stereocenters. The zero-order chi connectivity index (χ0) is 25.6. The van der Waals surface area contributed by atoms with Crippen molar-refractivity contribution in [1.82, 2.24) is 24.6 Å². The van der Waals surface area contributed by atoms with Crippen LogP contribution in [0.4, 0.5) is 5.82 Å². The second kappa shape index (κ2) is 10.8. The second-order valence-electron chi connectivity index (χ2n) is 8.52. The van der Waals surface area contributed by atoms with E-state index >= 15 is 0 Å². The number of hydrogen-bond acceptors (Lipinski definition) is 7. The smallest absolute Gasteiger partial charge is 0.246 e.